The van der Waals surface area contributed by atoms with Crippen molar-refractivity contribution in [1.82, 2.24) is 20.0 Å². The summed E-state index contributed by atoms with van der Waals surface area (Å²) in [5.41, 5.74) is 0. The van der Waals surface area contributed by atoms with Gasteiger partial charge in [-0.05, 0) is 57.1 Å². The molecule has 31 heavy (non-hydrogen) atoms. The first-order valence-electron chi connectivity index (χ1n) is 11.5. The van der Waals surface area contributed by atoms with Gasteiger partial charge in [0.05, 0.1) is 12.6 Å². The van der Waals surface area contributed by atoms with Crippen LogP contribution in [0.25, 0.3) is 0 Å². The number of piperazine rings is 1. The van der Waals surface area contributed by atoms with E-state index in [9.17, 15) is 4.79 Å². The van der Waals surface area contributed by atoms with E-state index in [1.165, 1.54) is 30.8 Å². The standard InChI is InChI=1S/C22H35N5O2S.HI/c1-2-23-22(24-17-18(20-8-6-16-30-20)25-9-3-4-10-25)27-13-11-26(12-14-27)21(28)19-7-5-15-29-19;/h6,8,16,18-19H,2-5,7,9-15,17H2,1H3,(H,23,24);1H. The quantitative estimate of drug-likeness (QED) is 0.329. The number of rotatable bonds is 6. The molecule has 7 nitrogen and oxygen atoms in total. The second kappa shape index (κ2) is 12.4. The van der Waals surface area contributed by atoms with Gasteiger partial charge < -0.3 is 19.9 Å². The van der Waals surface area contributed by atoms with Crippen LogP contribution in [0.15, 0.2) is 22.5 Å². The van der Waals surface area contributed by atoms with E-state index >= 15 is 0 Å². The molecule has 3 fully saturated rings. The summed E-state index contributed by atoms with van der Waals surface area (Å²) in [6.45, 7) is 9.90. The summed E-state index contributed by atoms with van der Waals surface area (Å²) in [7, 11) is 0. The molecule has 1 aromatic heterocycles. The van der Waals surface area contributed by atoms with Crippen LogP contribution in [0.2, 0.25) is 0 Å². The third-order valence-electron chi connectivity index (χ3n) is 6.30. The van der Waals surface area contributed by atoms with Crippen molar-refractivity contribution in [3.05, 3.63) is 22.4 Å². The lowest BCUT2D eigenvalue weighted by Gasteiger charge is -2.37. The zero-order valence-electron chi connectivity index (χ0n) is 18.5. The predicted molar refractivity (Wildman–Crippen MR) is 136 cm³/mol. The van der Waals surface area contributed by atoms with E-state index in [0.29, 0.717) is 6.04 Å². The number of amides is 1. The van der Waals surface area contributed by atoms with Crippen LogP contribution in [-0.2, 0) is 9.53 Å². The first kappa shape index (κ1) is 24.7. The smallest absolute Gasteiger partial charge is 0.251 e. The molecular formula is C22H36IN5O2S. The van der Waals surface area contributed by atoms with Crippen LogP contribution in [0.4, 0.5) is 0 Å². The van der Waals surface area contributed by atoms with Crippen molar-refractivity contribution in [2.75, 3.05) is 59.0 Å². The van der Waals surface area contributed by atoms with Crippen LogP contribution in [0.3, 0.4) is 0 Å². The van der Waals surface area contributed by atoms with E-state index < -0.39 is 0 Å². The average molecular weight is 562 g/mol. The summed E-state index contributed by atoms with van der Waals surface area (Å²) in [4.78, 5) is 25.9. The van der Waals surface area contributed by atoms with Crippen LogP contribution in [0.5, 0.6) is 0 Å². The number of guanidine groups is 1. The number of hydrogen-bond donors (Lipinski definition) is 1. The molecule has 1 aromatic rings. The maximum atomic E-state index is 12.6. The Labute approximate surface area is 207 Å². The normalized spacial score (nSPS) is 23.6. The minimum Gasteiger partial charge on any atom is -0.368 e. The first-order valence-corrected chi connectivity index (χ1v) is 12.4. The van der Waals surface area contributed by atoms with Gasteiger partial charge in [0, 0.05) is 44.2 Å². The number of carbonyl (C=O) groups excluding carboxylic acids is 1. The second-order valence-corrected chi connectivity index (χ2v) is 9.26. The summed E-state index contributed by atoms with van der Waals surface area (Å²) in [6, 6.07) is 4.75. The van der Waals surface area contributed by atoms with Gasteiger partial charge in [-0.3, -0.25) is 14.7 Å². The monoisotopic (exact) mass is 561 g/mol. The Hall–Kier alpha value is -0.910. The molecule has 4 heterocycles. The topological polar surface area (TPSA) is 60.4 Å². The number of nitrogens with zero attached hydrogens (tertiary/aromatic N) is 4. The molecule has 0 spiro atoms. The maximum absolute atomic E-state index is 12.6. The molecule has 174 valence electrons. The highest BCUT2D eigenvalue weighted by atomic mass is 127. The van der Waals surface area contributed by atoms with Gasteiger partial charge in [-0.25, -0.2) is 0 Å². The molecule has 2 atom stereocenters. The molecule has 0 aliphatic carbocycles. The molecule has 1 N–H and O–H groups in total. The lowest BCUT2D eigenvalue weighted by Crippen LogP contribution is -2.55. The number of nitrogens with one attached hydrogen (secondary N) is 1. The Kier molecular flexibility index (Phi) is 9.86. The molecule has 0 bridgehead atoms. The lowest BCUT2D eigenvalue weighted by molar-refractivity contribution is -0.142. The molecule has 4 rings (SSSR count). The van der Waals surface area contributed by atoms with E-state index in [-0.39, 0.29) is 36.0 Å². The van der Waals surface area contributed by atoms with Crippen LogP contribution < -0.4 is 5.32 Å². The second-order valence-electron chi connectivity index (χ2n) is 8.28. The van der Waals surface area contributed by atoms with Crippen molar-refractivity contribution >= 4 is 47.2 Å². The molecule has 0 radical (unpaired) electrons. The fourth-order valence-electron chi connectivity index (χ4n) is 4.63. The Balaban J connectivity index is 0.00000272. The van der Waals surface area contributed by atoms with Crippen molar-refractivity contribution < 1.29 is 9.53 Å². The number of likely N-dealkylation sites (tertiary alicyclic amines) is 1. The number of thiophene rings is 1. The third-order valence-corrected chi connectivity index (χ3v) is 7.27. The number of ether oxygens (including phenoxy) is 1. The van der Waals surface area contributed by atoms with Crippen molar-refractivity contribution in [3.63, 3.8) is 0 Å². The Morgan fingerprint density at radius 1 is 1.19 bits per heavy atom. The zero-order chi connectivity index (χ0) is 20.8. The Bertz CT molecular complexity index is 697. The van der Waals surface area contributed by atoms with E-state index in [1.54, 1.807) is 0 Å². The first-order chi connectivity index (χ1) is 14.8. The van der Waals surface area contributed by atoms with E-state index in [0.717, 1.165) is 64.7 Å². The van der Waals surface area contributed by atoms with Crippen LogP contribution >= 0.6 is 35.3 Å². The molecule has 9 heteroatoms. The largest absolute Gasteiger partial charge is 0.368 e. The summed E-state index contributed by atoms with van der Waals surface area (Å²) < 4.78 is 5.59. The van der Waals surface area contributed by atoms with Gasteiger partial charge in [-0.2, -0.15) is 0 Å². The van der Waals surface area contributed by atoms with Gasteiger partial charge in [-0.15, -0.1) is 35.3 Å². The van der Waals surface area contributed by atoms with Gasteiger partial charge >= 0.3 is 0 Å². The summed E-state index contributed by atoms with van der Waals surface area (Å²) in [5.74, 6) is 1.14. The number of hydrogen-bond acceptors (Lipinski definition) is 5. The Morgan fingerprint density at radius 2 is 1.94 bits per heavy atom. The zero-order valence-corrected chi connectivity index (χ0v) is 21.6. The molecular weight excluding hydrogens is 525 g/mol. The van der Waals surface area contributed by atoms with Crippen molar-refractivity contribution in [1.29, 1.82) is 0 Å². The van der Waals surface area contributed by atoms with Gasteiger partial charge in [0.2, 0.25) is 0 Å². The van der Waals surface area contributed by atoms with Crippen LogP contribution in [0, 0.1) is 0 Å². The van der Waals surface area contributed by atoms with Crippen LogP contribution in [0.1, 0.15) is 43.5 Å². The molecule has 0 aromatic carbocycles. The minimum atomic E-state index is -0.217. The lowest BCUT2D eigenvalue weighted by atomic mass is 10.2. The fourth-order valence-corrected chi connectivity index (χ4v) is 5.49. The maximum Gasteiger partial charge on any atom is 0.251 e. The SMILES string of the molecule is CCNC(=NCC(c1cccs1)N1CCCC1)N1CCN(C(=O)C2CCCO2)CC1.I. The number of carbonyl (C=O) groups is 1. The highest BCUT2D eigenvalue weighted by Gasteiger charge is 2.31. The van der Waals surface area contributed by atoms with Crippen LogP contribution in [-0.4, -0.2) is 91.6 Å². The average Bonchev–Trinajstić information content (AvgIpc) is 3.56. The van der Waals surface area contributed by atoms with E-state index in [1.807, 2.05) is 16.2 Å². The molecule has 0 saturated carbocycles. The fraction of sp³-hybridized carbons (Fsp3) is 0.727. The number of halogens is 1. The molecule has 2 unspecified atom stereocenters. The molecule has 3 aliphatic heterocycles. The van der Waals surface area contributed by atoms with E-state index in [4.69, 9.17) is 9.73 Å². The number of aliphatic imine (C=N–C) groups is 1. The molecule has 3 saturated heterocycles. The Morgan fingerprint density at radius 3 is 2.55 bits per heavy atom. The molecule has 1 amide bonds. The van der Waals surface area contributed by atoms with Gasteiger partial charge in [-0.1, -0.05) is 6.07 Å². The highest BCUT2D eigenvalue weighted by molar-refractivity contribution is 14.0. The van der Waals surface area contributed by atoms with Crippen molar-refractivity contribution in [2.45, 2.75) is 44.8 Å². The van der Waals surface area contributed by atoms with Gasteiger partial charge in [0.25, 0.3) is 5.91 Å². The van der Waals surface area contributed by atoms with Crippen molar-refractivity contribution in [2.24, 2.45) is 4.99 Å². The van der Waals surface area contributed by atoms with Crippen molar-refractivity contribution in [3.8, 4) is 0 Å². The third kappa shape index (κ3) is 6.33. The van der Waals surface area contributed by atoms with Gasteiger partial charge in [0.15, 0.2) is 5.96 Å². The van der Waals surface area contributed by atoms with E-state index in [2.05, 4.69) is 39.6 Å². The predicted octanol–water partition coefficient (Wildman–Crippen LogP) is 2.79. The highest BCUT2D eigenvalue weighted by Crippen LogP contribution is 2.28. The summed E-state index contributed by atoms with van der Waals surface area (Å²) >= 11 is 1.83. The summed E-state index contributed by atoms with van der Waals surface area (Å²) in [5, 5.41) is 5.64. The van der Waals surface area contributed by atoms with Gasteiger partial charge in [0.1, 0.15) is 6.10 Å². The summed E-state index contributed by atoms with van der Waals surface area (Å²) in [6.07, 6.45) is 4.21. The minimum absolute atomic E-state index is 0. The molecule has 3 aliphatic rings.